The topological polar surface area (TPSA) is 44.1 Å². The van der Waals surface area contributed by atoms with Gasteiger partial charge in [0.1, 0.15) is 12.4 Å². The van der Waals surface area contributed by atoms with Crippen molar-refractivity contribution in [2.75, 3.05) is 0 Å². The van der Waals surface area contributed by atoms with E-state index < -0.39 is 0 Å². The van der Waals surface area contributed by atoms with E-state index in [1.165, 1.54) is 0 Å². The van der Waals surface area contributed by atoms with Crippen LogP contribution in [0.2, 0.25) is 0 Å². The predicted octanol–water partition coefficient (Wildman–Crippen LogP) is 4.20. The molecule has 4 heteroatoms. The zero-order chi connectivity index (χ0) is 17.6. The van der Waals surface area contributed by atoms with Crippen LogP contribution >= 0.6 is 0 Å². The van der Waals surface area contributed by atoms with Gasteiger partial charge in [0, 0.05) is 12.7 Å². The fraction of sp³-hybridized carbons (Fsp3) is 0.143. The Kier molecular flexibility index (Phi) is 5.09. The normalized spacial score (nSPS) is 11.0. The molecule has 3 aromatic rings. The maximum atomic E-state index is 12.2. The molecule has 0 bridgehead atoms. The van der Waals surface area contributed by atoms with Gasteiger partial charge in [-0.05, 0) is 36.3 Å². The van der Waals surface area contributed by atoms with Crippen LogP contribution in [0.25, 0.3) is 6.08 Å². The molecule has 0 unspecified atom stereocenters. The van der Waals surface area contributed by atoms with Gasteiger partial charge in [-0.1, -0.05) is 48.5 Å². The summed E-state index contributed by atoms with van der Waals surface area (Å²) in [5.74, 6) is 0.755. The summed E-state index contributed by atoms with van der Waals surface area (Å²) in [5.41, 5.74) is 3.56. The number of nitrogens with zero attached hydrogens (tertiary/aromatic N) is 2. The smallest absolute Gasteiger partial charge is 0.189 e. The lowest BCUT2D eigenvalue weighted by atomic mass is 10.1. The largest absolute Gasteiger partial charge is 0.489 e. The van der Waals surface area contributed by atoms with E-state index in [-0.39, 0.29) is 5.78 Å². The summed E-state index contributed by atoms with van der Waals surface area (Å²) in [4.78, 5) is 12.2. The van der Waals surface area contributed by atoms with Crippen molar-refractivity contribution in [2.45, 2.75) is 13.5 Å². The molecular weight excluding hydrogens is 312 g/mol. The summed E-state index contributed by atoms with van der Waals surface area (Å²) in [5, 5.41) is 4.09. The van der Waals surface area contributed by atoms with E-state index in [1.54, 1.807) is 23.0 Å². The lowest BCUT2D eigenvalue weighted by Gasteiger charge is -2.06. The molecule has 0 spiro atoms. The molecule has 0 aliphatic carbocycles. The van der Waals surface area contributed by atoms with Crippen LogP contribution in [0.15, 0.2) is 66.9 Å². The second kappa shape index (κ2) is 7.62. The SMILES string of the molecule is Cc1c(C(=O)/C=C/c2ccc(OCc3ccccc3)cc2)cnn1C. The highest BCUT2D eigenvalue weighted by Crippen LogP contribution is 2.16. The molecule has 0 N–H and O–H groups in total. The van der Waals surface area contributed by atoms with Crippen LogP contribution < -0.4 is 4.74 Å². The zero-order valence-electron chi connectivity index (χ0n) is 14.3. The first-order chi connectivity index (χ1) is 12.1. The molecule has 0 aliphatic heterocycles. The molecule has 0 fully saturated rings. The molecule has 1 heterocycles. The van der Waals surface area contributed by atoms with Crippen molar-refractivity contribution in [1.29, 1.82) is 0 Å². The first-order valence-corrected chi connectivity index (χ1v) is 8.11. The van der Waals surface area contributed by atoms with E-state index >= 15 is 0 Å². The Morgan fingerprint density at radius 2 is 1.84 bits per heavy atom. The van der Waals surface area contributed by atoms with Gasteiger partial charge < -0.3 is 4.74 Å². The van der Waals surface area contributed by atoms with E-state index in [1.807, 2.05) is 68.6 Å². The third-order valence-electron chi connectivity index (χ3n) is 4.06. The van der Waals surface area contributed by atoms with Gasteiger partial charge in [-0.25, -0.2) is 0 Å². The number of hydrogen-bond donors (Lipinski definition) is 0. The Hall–Kier alpha value is -3.14. The highest BCUT2D eigenvalue weighted by atomic mass is 16.5. The molecule has 4 nitrogen and oxygen atoms in total. The number of ketones is 1. The Balaban J connectivity index is 1.60. The van der Waals surface area contributed by atoms with Gasteiger partial charge in [-0.15, -0.1) is 0 Å². The summed E-state index contributed by atoms with van der Waals surface area (Å²) in [6.45, 7) is 2.42. The number of rotatable bonds is 6. The molecule has 3 rings (SSSR count). The van der Waals surface area contributed by atoms with Crippen molar-refractivity contribution in [1.82, 2.24) is 9.78 Å². The number of aryl methyl sites for hydroxylation is 1. The molecule has 0 saturated carbocycles. The minimum Gasteiger partial charge on any atom is -0.489 e. The van der Waals surface area contributed by atoms with Crippen molar-refractivity contribution in [2.24, 2.45) is 7.05 Å². The molecular formula is C21H20N2O2. The molecule has 0 amide bonds. The van der Waals surface area contributed by atoms with E-state index in [0.717, 1.165) is 22.6 Å². The van der Waals surface area contributed by atoms with E-state index in [9.17, 15) is 4.79 Å². The molecule has 0 saturated heterocycles. The molecule has 0 radical (unpaired) electrons. The summed E-state index contributed by atoms with van der Waals surface area (Å²) in [6.07, 6.45) is 4.97. The van der Waals surface area contributed by atoms with Gasteiger partial charge in [0.25, 0.3) is 0 Å². The maximum absolute atomic E-state index is 12.2. The van der Waals surface area contributed by atoms with E-state index in [0.29, 0.717) is 12.2 Å². The molecule has 0 atom stereocenters. The maximum Gasteiger partial charge on any atom is 0.189 e. The molecule has 0 aliphatic rings. The van der Waals surface area contributed by atoms with Gasteiger partial charge in [-0.2, -0.15) is 5.10 Å². The summed E-state index contributed by atoms with van der Waals surface area (Å²) in [6, 6.07) is 17.7. The van der Waals surface area contributed by atoms with Gasteiger partial charge in [0.15, 0.2) is 5.78 Å². The summed E-state index contributed by atoms with van der Waals surface area (Å²) in [7, 11) is 1.82. The minimum atomic E-state index is -0.0463. The van der Waals surface area contributed by atoms with Crippen LogP contribution in [0, 0.1) is 6.92 Å². The fourth-order valence-electron chi connectivity index (χ4n) is 2.42. The Morgan fingerprint density at radius 1 is 1.12 bits per heavy atom. The second-order valence-electron chi connectivity index (χ2n) is 5.81. The predicted molar refractivity (Wildman–Crippen MR) is 98.5 cm³/mol. The van der Waals surface area contributed by atoms with Crippen LogP contribution in [0.5, 0.6) is 5.75 Å². The molecule has 1 aromatic heterocycles. The lowest BCUT2D eigenvalue weighted by molar-refractivity contribution is 0.104. The molecule has 126 valence electrons. The Morgan fingerprint density at radius 3 is 2.48 bits per heavy atom. The van der Waals surface area contributed by atoms with Crippen molar-refractivity contribution in [3.05, 3.63) is 89.3 Å². The first kappa shape index (κ1) is 16.7. The fourth-order valence-corrected chi connectivity index (χ4v) is 2.42. The van der Waals surface area contributed by atoms with Crippen LogP contribution in [0.1, 0.15) is 27.2 Å². The van der Waals surface area contributed by atoms with Crippen molar-refractivity contribution >= 4 is 11.9 Å². The quantitative estimate of drug-likeness (QED) is 0.502. The zero-order valence-corrected chi connectivity index (χ0v) is 14.3. The number of carbonyl (C=O) groups is 1. The molecule has 25 heavy (non-hydrogen) atoms. The average Bonchev–Trinajstić information content (AvgIpc) is 2.99. The van der Waals surface area contributed by atoms with Gasteiger partial charge >= 0.3 is 0 Å². The van der Waals surface area contributed by atoms with Crippen molar-refractivity contribution in [3.8, 4) is 5.75 Å². The Bertz CT molecular complexity index is 878. The number of aromatic nitrogens is 2. The monoisotopic (exact) mass is 332 g/mol. The first-order valence-electron chi connectivity index (χ1n) is 8.11. The number of allylic oxidation sites excluding steroid dienone is 1. The minimum absolute atomic E-state index is 0.0463. The third-order valence-corrected chi connectivity index (χ3v) is 4.06. The van der Waals surface area contributed by atoms with Gasteiger partial charge in [-0.3, -0.25) is 9.48 Å². The van der Waals surface area contributed by atoms with Gasteiger partial charge in [0.05, 0.1) is 11.8 Å². The standard InChI is InChI=1S/C21H20N2O2/c1-16-20(14-22-23(16)2)21(24)13-10-17-8-11-19(12-9-17)25-15-18-6-4-3-5-7-18/h3-14H,15H2,1-2H3/b13-10+. The molecule has 2 aromatic carbocycles. The van der Waals surface area contributed by atoms with E-state index in [4.69, 9.17) is 4.74 Å². The van der Waals surface area contributed by atoms with E-state index in [2.05, 4.69) is 5.10 Å². The van der Waals surface area contributed by atoms with Crippen LogP contribution in [0.4, 0.5) is 0 Å². The summed E-state index contributed by atoms with van der Waals surface area (Å²) >= 11 is 0. The van der Waals surface area contributed by atoms with Crippen LogP contribution in [-0.2, 0) is 13.7 Å². The third kappa shape index (κ3) is 4.23. The highest BCUT2D eigenvalue weighted by molar-refractivity contribution is 6.07. The van der Waals surface area contributed by atoms with Crippen LogP contribution in [-0.4, -0.2) is 15.6 Å². The highest BCUT2D eigenvalue weighted by Gasteiger charge is 2.09. The average molecular weight is 332 g/mol. The Labute approximate surface area is 147 Å². The van der Waals surface area contributed by atoms with Crippen molar-refractivity contribution < 1.29 is 9.53 Å². The second-order valence-corrected chi connectivity index (χ2v) is 5.81. The van der Waals surface area contributed by atoms with Crippen molar-refractivity contribution in [3.63, 3.8) is 0 Å². The number of carbonyl (C=O) groups excluding carboxylic acids is 1. The number of ether oxygens (including phenoxy) is 1. The number of benzene rings is 2. The van der Waals surface area contributed by atoms with Gasteiger partial charge in [0.2, 0.25) is 0 Å². The summed E-state index contributed by atoms with van der Waals surface area (Å²) < 4.78 is 7.45. The van der Waals surface area contributed by atoms with Crippen LogP contribution in [0.3, 0.4) is 0 Å². The number of hydrogen-bond acceptors (Lipinski definition) is 3. The lowest BCUT2D eigenvalue weighted by Crippen LogP contribution is -1.98.